The lowest BCUT2D eigenvalue weighted by Crippen LogP contribution is -2.40. The maximum absolute atomic E-state index is 13.5. The molecule has 0 radical (unpaired) electrons. The van der Waals surface area contributed by atoms with Crippen molar-refractivity contribution in [3.63, 3.8) is 0 Å². The van der Waals surface area contributed by atoms with Gasteiger partial charge in [-0.05, 0) is 54.8 Å². The molecule has 0 heterocycles. The number of rotatable bonds is 8. The molecule has 1 amide bonds. The van der Waals surface area contributed by atoms with Crippen LogP contribution in [-0.2, 0) is 21.2 Å². The first-order valence-corrected chi connectivity index (χ1v) is 12.3. The number of hydrogen-bond donors (Lipinski definition) is 1. The van der Waals surface area contributed by atoms with E-state index in [0.29, 0.717) is 12.1 Å². The van der Waals surface area contributed by atoms with Gasteiger partial charge in [0.2, 0.25) is 0 Å². The Kier molecular flexibility index (Phi) is 7.82. The molecule has 3 aromatic rings. The number of nitrogens with zero attached hydrogens (tertiary/aromatic N) is 2. The minimum absolute atomic E-state index is 0.125. The van der Waals surface area contributed by atoms with Gasteiger partial charge in [0.25, 0.3) is 15.9 Å². The van der Waals surface area contributed by atoms with Crippen molar-refractivity contribution in [2.45, 2.75) is 25.2 Å². The predicted molar refractivity (Wildman–Crippen MR) is 131 cm³/mol. The van der Waals surface area contributed by atoms with Gasteiger partial charge in [0.05, 0.1) is 16.8 Å². The number of aryl methyl sites for hydroxylation is 2. The second kappa shape index (κ2) is 10.6. The Morgan fingerprint density at radius 3 is 2.34 bits per heavy atom. The second-order valence-electron chi connectivity index (χ2n) is 7.15. The molecule has 8 heteroatoms. The molecule has 0 bridgehead atoms. The van der Waals surface area contributed by atoms with Gasteiger partial charge in [-0.1, -0.05) is 70.9 Å². The highest BCUT2D eigenvalue weighted by atomic mass is 79.9. The highest BCUT2D eigenvalue weighted by Crippen LogP contribution is 2.27. The molecule has 0 atom stereocenters. The number of nitrogens with one attached hydrogen (secondary N) is 1. The lowest BCUT2D eigenvalue weighted by atomic mass is 10.1. The number of sulfonamides is 1. The van der Waals surface area contributed by atoms with Crippen LogP contribution in [0.3, 0.4) is 0 Å². The highest BCUT2D eigenvalue weighted by molar-refractivity contribution is 9.10. The summed E-state index contributed by atoms with van der Waals surface area (Å²) in [6.07, 6.45) is 2.13. The molecule has 3 aromatic carbocycles. The summed E-state index contributed by atoms with van der Waals surface area (Å²) in [4.78, 5) is 12.8. The van der Waals surface area contributed by atoms with Crippen LogP contribution in [0.25, 0.3) is 0 Å². The molecule has 0 spiro atoms. The van der Waals surface area contributed by atoms with Crippen LogP contribution in [0.5, 0.6) is 0 Å². The number of carbonyl (C=O) groups excluding carboxylic acids is 1. The van der Waals surface area contributed by atoms with E-state index < -0.39 is 22.5 Å². The van der Waals surface area contributed by atoms with E-state index >= 15 is 0 Å². The largest absolute Gasteiger partial charge is 0.271 e. The molecule has 0 saturated carbocycles. The van der Waals surface area contributed by atoms with Gasteiger partial charge < -0.3 is 0 Å². The zero-order valence-corrected chi connectivity index (χ0v) is 20.2. The third kappa shape index (κ3) is 5.83. The summed E-state index contributed by atoms with van der Waals surface area (Å²) in [6, 6.07) is 21.2. The standard InChI is InChI=1S/C24H24BrN3O3S/c1-3-20-6-4-5-7-23(20)28(32(30,31)22-14-8-18(2)9-15-22)17-24(29)27-26-16-19-10-12-21(25)13-11-19/h4-16H,3,17H2,1-2H3,(H,27,29)/b26-16-. The van der Waals surface area contributed by atoms with Crippen molar-refractivity contribution >= 4 is 43.8 Å². The van der Waals surface area contributed by atoms with Crippen molar-refractivity contribution in [1.82, 2.24) is 5.43 Å². The van der Waals surface area contributed by atoms with E-state index in [1.54, 1.807) is 36.4 Å². The molecule has 6 nitrogen and oxygen atoms in total. The summed E-state index contributed by atoms with van der Waals surface area (Å²) in [5, 5.41) is 3.97. The monoisotopic (exact) mass is 513 g/mol. The second-order valence-corrected chi connectivity index (χ2v) is 9.93. The fourth-order valence-electron chi connectivity index (χ4n) is 3.08. The molecule has 1 N–H and O–H groups in total. The van der Waals surface area contributed by atoms with Crippen molar-refractivity contribution < 1.29 is 13.2 Å². The van der Waals surface area contributed by atoms with Crippen LogP contribution in [0.15, 0.2) is 87.3 Å². The molecule has 32 heavy (non-hydrogen) atoms. The van der Waals surface area contributed by atoms with Crippen LogP contribution < -0.4 is 9.73 Å². The Morgan fingerprint density at radius 1 is 1.03 bits per heavy atom. The number of hydrazone groups is 1. The SMILES string of the molecule is CCc1ccccc1N(CC(=O)N/N=C\c1ccc(Br)cc1)S(=O)(=O)c1ccc(C)cc1. The maximum atomic E-state index is 13.5. The van der Waals surface area contributed by atoms with E-state index in [2.05, 4.69) is 26.5 Å². The topological polar surface area (TPSA) is 78.8 Å². The average molecular weight is 514 g/mol. The van der Waals surface area contributed by atoms with Gasteiger partial charge in [-0.3, -0.25) is 9.10 Å². The first kappa shape index (κ1) is 23.7. The molecule has 0 saturated heterocycles. The van der Waals surface area contributed by atoms with Crippen LogP contribution in [0.1, 0.15) is 23.6 Å². The molecular weight excluding hydrogens is 490 g/mol. The third-order valence-electron chi connectivity index (χ3n) is 4.81. The van der Waals surface area contributed by atoms with Crippen molar-refractivity contribution in [2.75, 3.05) is 10.8 Å². The van der Waals surface area contributed by atoms with E-state index in [9.17, 15) is 13.2 Å². The van der Waals surface area contributed by atoms with Gasteiger partial charge in [0, 0.05) is 4.47 Å². The van der Waals surface area contributed by atoms with E-state index in [1.165, 1.54) is 6.21 Å². The Morgan fingerprint density at radius 2 is 1.69 bits per heavy atom. The van der Waals surface area contributed by atoms with Crippen molar-refractivity contribution in [3.05, 3.63) is 94.0 Å². The lowest BCUT2D eigenvalue weighted by molar-refractivity contribution is -0.119. The van der Waals surface area contributed by atoms with Crippen LogP contribution in [0.4, 0.5) is 5.69 Å². The molecule has 0 aliphatic carbocycles. The molecule has 0 unspecified atom stereocenters. The Bertz CT molecular complexity index is 1210. The number of benzene rings is 3. The minimum atomic E-state index is -3.97. The van der Waals surface area contributed by atoms with Gasteiger partial charge in [0.1, 0.15) is 6.54 Å². The van der Waals surface area contributed by atoms with Gasteiger partial charge >= 0.3 is 0 Å². The molecule has 3 rings (SSSR count). The normalized spacial score (nSPS) is 11.5. The summed E-state index contributed by atoms with van der Waals surface area (Å²) in [6.45, 7) is 3.43. The van der Waals surface area contributed by atoms with Gasteiger partial charge in [0.15, 0.2) is 0 Å². The summed E-state index contributed by atoms with van der Waals surface area (Å²) >= 11 is 3.36. The van der Waals surface area contributed by atoms with Crippen LogP contribution in [0.2, 0.25) is 0 Å². The van der Waals surface area contributed by atoms with E-state index in [1.807, 2.05) is 50.2 Å². The van der Waals surface area contributed by atoms with Crippen molar-refractivity contribution in [3.8, 4) is 0 Å². The predicted octanol–water partition coefficient (Wildman–Crippen LogP) is 4.67. The third-order valence-corrected chi connectivity index (χ3v) is 7.11. The summed E-state index contributed by atoms with van der Waals surface area (Å²) in [7, 11) is -3.97. The molecule has 0 aliphatic rings. The van der Waals surface area contributed by atoms with Crippen molar-refractivity contribution in [2.24, 2.45) is 5.10 Å². The summed E-state index contributed by atoms with van der Waals surface area (Å²) < 4.78 is 29.0. The number of para-hydroxylation sites is 1. The molecule has 0 aromatic heterocycles. The highest BCUT2D eigenvalue weighted by Gasteiger charge is 2.28. The lowest BCUT2D eigenvalue weighted by Gasteiger charge is -2.25. The average Bonchev–Trinajstić information content (AvgIpc) is 2.79. The number of halogens is 1. The number of amides is 1. The number of carbonyl (C=O) groups is 1. The molecule has 0 aliphatic heterocycles. The Balaban J connectivity index is 1.88. The van der Waals surface area contributed by atoms with Crippen LogP contribution in [-0.4, -0.2) is 27.1 Å². The van der Waals surface area contributed by atoms with E-state index in [-0.39, 0.29) is 4.90 Å². The number of hydrogen-bond acceptors (Lipinski definition) is 4. The zero-order chi connectivity index (χ0) is 23.1. The fourth-order valence-corrected chi connectivity index (χ4v) is 4.81. The van der Waals surface area contributed by atoms with E-state index in [0.717, 1.165) is 25.5 Å². The molecular formula is C24H24BrN3O3S. The maximum Gasteiger partial charge on any atom is 0.264 e. The quantitative estimate of drug-likeness (QED) is 0.351. The zero-order valence-electron chi connectivity index (χ0n) is 17.8. The van der Waals surface area contributed by atoms with E-state index in [4.69, 9.17) is 0 Å². The van der Waals surface area contributed by atoms with Gasteiger partial charge in [-0.2, -0.15) is 5.10 Å². The smallest absolute Gasteiger partial charge is 0.264 e. The molecule has 0 fully saturated rings. The van der Waals surface area contributed by atoms with Gasteiger partial charge in [-0.15, -0.1) is 0 Å². The summed E-state index contributed by atoms with van der Waals surface area (Å²) in [5.41, 5.74) is 5.48. The van der Waals surface area contributed by atoms with Crippen LogP contribution in [0, 0.1) is 6.92 Å². The number of anilines is 1. The fraction of sp³-hybridized carbons (Fsp3) is 0.167. The van der Waals surface area contributed by atoms with Gasteiger partial charge in [-0.25, -0.2) is 13.8 Å². The Labute approximate surface area is 197 Å². The first-order chi connectivity index (χ1) is 15.3. The van der Waals surface area contributed by atoms with Crippen molar-refractivity contribution in [1.29, 1.82) is 0 Å². The summed E-state index contributed by atoms with van der Waals surface area (Å²) in [5.74, 6) is -0.542. The Hall–Kier alpha value is -2.97. The minimum Gasteiger partial charge on any atom is -0.271 e. The van der Waals surface area contributed by atoms with Crippen LogP contribution >= 0.6 is 15.9 Å². The first-order valence-electron chi connectivity index (χ1n) is 10.1. The molecule has 166 valence electrons.